The molecule has 30 heavy (non-hydrogen) atoms. The fourth-order valence-corrected chi connectivity index (χ4v) is 4.35. The molecule has 0 radical (unpaired) electrons. The Morgan fingerprint density at radius 1 is 1.33 bits per heavy atom. The van der Waals surface area contributed by atoms with E-state index in [-0.39, 0.29) is 5.02 Å². The molecule has 4 rings (SSSR count). The number of fused-ring (bicyclic) bond motifs is 1. The number of rotatable bonds is 5. The first-order valence-corrected chi connectivity index (χ1v) is 10.4. The van der Waals surface area contributed by atoms with Crippen LogP contribution in [0.1, 0.15) is 30.6 Å². The van der Waals surface area contributed by atoms with E-state index < -0.39 is 11.9 Å². The second-order valence-electron chi connectivity index (χ2n) is 7.34. The van der Waals surface area contributed by atoms with Crippen LogP contribution in [0.25, 0.3) is 16.5 Å². The number of halogens is 3. The van der Waals surface area contributed by atoms with Crippen molar-refractivity contribution in [1.82, 2.24) is 9.88 Å². The number of pyridine rings is 1. The number of benzene rings is 1. The lowest BCUT2D eigenvalue weighted by Gasteiger charge is -2.21. The molecule has 2 aromatic heterocycles. The van der Waals surface area contributed by atoms with Crippen LogP contribution in [-0.2, 0) is 0 Å². The molecule has 1 aromatic carbocycles. The minimum Gasteiger partial charge on any atom is -0.478 e. The van der Waals surface area contributed by atoms with E-state index in [1.807, 2.05) is 0 Å². The quantitative estimate of drug-likeness (QED) is 0.471. The van der Waals surface area contributed by atoms with E-state index in [1.165, 1.54) is 17.7 Å². The van der Waals surface area contributed by atoms with E-state index >= 15 is 0 Å². The van der Waals surface area contributed by atoms with Gasteiger partial charge in [0, 0.05) is 42.5 Å². The van der Waals surface area contributed by atoms with Gasteiger partial charge < -0.3 is 19.4 Å². The Bertz CT molecular complexity index is 1130. The Morgan fingerprint density at radius 3 is 2.83 bits per heavy atom. The van der Waals surface area contributed by atoms with Crippen LogP contribution in [0.15, 0.2) is 35.1 Å². The van der Waals surface area contributed by atoms with Crippen molar-refractivity contribution in [2.24, 2.45) is 0 Å². The second-order valence-corrected chi connectivity index (χ2v) is 8.12. The molecule has 1 aliphatic rings. The number of anilines is 1. The standard InChI is InChI=1S/C22H22Cl2FN3O2/c1-12(18-16(23)4-5-17(25)19(18)24)30-21-20-14(10-27-22(21)26-2)15(11-29-20)13-6-8-28(3)9-7-13/h4-6,10-12H,7-9H2,1-3H3,(H,26,27). The molecule has 3 heterocycles. The normalized spacial score (nSPS) is 15.9. The van der Waals surface area contributed by atoms with Crippen LogP contribution in [0.5, 0.6) is 5.75 Å². The summed E-state index contributed by atoms with van der Waals surface area (Å²) in [5.74, 6) is 0.390. The summed E-state index contributed by atoms with van der Waals surface area (Å²) in [6.07, 6.45) is 6.02. The zero-order chi connectivity index (χ0) is 21.4. The molecule has 0 saturated carbocycles. The van der Waals surface area contributed by atoms with Gasteiger partial charge in [0.25, 0.3) is 0 Å². The van der Waals surface area contributed by atoms with Gasteiger partial charge in [0.15, 0.2) is 11.4 Å². The van der Waals surface area contributed by atoms with E-state index in [1.54, 1.807) is 26.4 Å². The zero-order valence-electron chi connectivity index (χ0n) is 16.9. The number of furan rings is 1. The maximum Gasteiger partial charge on any atom is 0.205 e. The highest BCUT2D eigenvalue weighted by atomic mass is 35.5. The van der Waals surface area contributed by atoms with E-state index in [0.29, 0.717) is 27.7 Å². The van der Waals surface area contributed by atoms with Gasteiger partial charge in [0.2, 0.25) is 5.75 Å². The zero-order valence-corrected chi connectivity index (χ0v) is 18.4. The highest BCUT2D eigenvalue weighted by molar-refractivity contribution is 6.36. The summed E-state index contributed by atoms with van der Waals surface area (Å²) in [6.45, 7) is 3.63. The summed E-state index contributed by atoms with van der Waals surface area (Å²) in [7, 11) is 3.84. The molecule has 1 aliphatic heterocycles. The lowest BCUT2D eigenvalue weighted by Crippen LogP contribution is -2.23. The highest BCUT2D eigenvalue weighted by Crippen LogP contribution is 2.42. The van der Waals surface area contributed by atoms with Crippen molar-refractivity contribution >= 4 is 45.6 Å². The Balaban J connectivity index is 1.76. The minimum atomic E-state index is -0.628. The molecule has 0 bridgehead atoms. The molecule has 5 nitrogen and oxygen atoms in total. The topological polar surface area (TPSA) is 50.5 Å². The third-order valence-electron chi connectivity index (χ3n) is 5.35. The van der Waals surface area contributed by atoms with Crippen LogP contribution in [-0.4, -0.2) is 37.1 Å². The van der Waals surface area contributed by atoms with Crippen molar-refractivity contribution in [3.05, 3.63) is 57.7 Å². The number of aromatic nitrogens is 1. The predicted octanol–water partition coefficient (Wildman–Crippen LogP) is 6.17. The number of ether oxygens (including phenoxy) is 1. The number of nitrogens with zero attached hydrogens (tertiary/aromatic N) is 2. The van der Waals surface area contributed by atoms with Crippen molar-refractivity contribution in [3.8, 4) is 5.75 Å². The average Bonchev–Trinajstić information content (AvgIpc) is 3.16. The van der Waals surface area contributed by atoms with E-state index in [0.717, 1.165) is 30.5 Å². The summed E-state index contributed by atoms with van der Waals surface area (Å²) >= 11 is 12.4. The lowest BCUT2D eigenvalue weighted by molar-refractivity contribution is 0.227. The SMILES string of the molecule is CNc1ncc2c(C3=CCN(C)CC3)coc2c1OC(C)c1c(Cl)ccc(F)c1Cl. The van der Waals surface area contributed by atoms with Crippen LogP contribution in [0, 0.1) is 5.82 Å². The van der Waals surface area contributed by atoms with Gasteiger partial charge in [-0.05, 0) is 38.1 Å². The van der Waals surface area contributed by atoms with Gasteiger partial charge in [0.1, 0.15) is 11.9 Å². The number of hydrogen-bond acceptors (Lipinski definition) is 5. The van der Waals surface area contributed by atoms with E-state index in [4.69, 9.17) is 32.4 Å². The summed E-state index contributed by atoms with van der Waals surface area (Å²) < 4.78 is 26.1. The van der Waals surface area contributed by atoms with E-state index in [9.17, 15) is 4.39 Å². The van der Waals surface area contributed by atoms with E-state index in [2.05, 4.69) is 28.3 Å². The van der Waals surface area contributed by atoms with Crippen molar-refractivity contribution in [2.45, 2.75) is 19.4 Å². The molecule has 0 spiro atoms. The van der Waals surface area contributed by atoms with Gasteiger partial charge in [-0.1, -0.05) is 29.3 Å². The van der Waals surface area contributed by atoms with Crippen molar-refractivity contribution in [2.75, 3.05) is 32.5 Å². The van der Waals surface area contributed by atoms with Gasteiger partial charge in [0.05, 0.1) is 16.7 Å². The third kappa shape index (κ3) is 3.75. The molecule has 0 aliphatic carbocycles. The van der Waals surface area contributed by atoms with Gasteiger partial charge in [-0.25, -0.2) is 9.37 Å². The molecule has 0 amide bonds. The first-order valence-electron chi connectivity index (χ1n) is 9.66. The van der Waals surface area contributed by atoms with Crippen LogP contribution in [0.4, 0.5) is 10.2 Å². The number of likely N-dealkylation sites (N-methyl/N-ethyl adjacent to an activating group) is 1. The molecular weight excluding hydrogens is 428 g/mol. The van der Waals surface area contributed by atoms with Crippen molar-refractivity contribution in [1.29, 1.82) is 0 Å². The van der Waals surface area contributed by atoms with Crippen LogP contribution >= 0.6 is 23.2 Å². The maximum absolute atomic E-state index is 14.0. The third-order valence-corrected chi connectivity index (χ3v) is 6.06. The fourth-order valence-electron chi connectivity index (χ4n) is 3.67. The highest BCUT2D eigenvalue weighted by Gasteiger charge is 2.24. The Kier molecular flexibility index (Phi) is 5.91. The lowest BCUT2D eigenvalue weighted by atomic mass is 10.00. The second kappa shape index (κ2) is 8.46. The van der Waals surface area contributed by atoms with Gasteiger partial charge in [-0.3, -0.25) is 0 Å². The van der Waals surface area contributed by atoms with Gasteiger partial charge in [-0.2, -0.15) is 0 Å². The largest absolute Gasteiger partial charge is 0.478 e. The molecule has 158 valence electrons. The average molecular weight is 450 g/mol. The van der Waals surface area contributed by atoms with Gasteiger partial charge >= 0.3 is 0 Å². The summed E-state index contributed by atoms with van der Waals surface area (Å²) in [6, 6.07) is 2.70. The first-order chi connectivity index (χ1) is 14.4. The summed E-state index contributed by atoms with van der Waals surface area (Å²) in [5.41, 5.74) is 3.18. The van der Waals surface area contributed by atoms with Crippen LogP contribution in [0.3, 0.4) is 0 Å². The monoisotopic (exact) mass is 449 g/mol. The molecule has 0 fully saturated rings. The Morgan fingerprint density at radius 2 is 2.13 bits per heavy atom. The predicted molar refractivity (Wildman–Crippen MR) is 119 cm³/mol. The smallest absolute Gasteiger partial charge is 0.205 e. The molecule has 8 heteroatoms. The van der Waals surface area contributed by atoms with Crippen molar-refractivity contribution in [3.63, 3.8) is 0 Å². The summed E-state index contributed by atoms with van der Waals surface area (Å²) in [5, 5.41) is 4.16. The molecular formula is C22H22Cl2FN3O2. The molecule has 1 N–H and O–H groups in total. The maximum atomic E-state index is 14.0. The summed E-state index contributed by atoms with van der Waals surface area (Å²) in [4.78, 5) is 6.76. The first kappa shape index (κ1) is 21.0. The van der Waals surface area contributed by atoms with Gasteiger partial charge in [-0.15, -0.1) is 0 Å². The minimum absolute atomic E-state index is 0.0576. The number of nitrogens with one attached hydrogen (secondary N) is 1. The van der Waals surface area contributed by atoms with Crippen molar-refractivity contribution < 1.29 is 13.5 Å². The Labute approximate surface area is 184 Å². The number of hydrogen-bond donors (Lipinski definition) is 1. The molecule has 0 saturated heterocycles. The molecule has 1 atom stereocenters. The molecule has 3 aromatic rings. The molecule has 1 unspecified atom stereocenters. The Hall–Kier alpha value is -2.28. The van der Waals surface area contributed by atoms with Crippen LogP contribution < -0.4 is 10.1 Å². The fraction of sp³-hybridized carbons (Fsp3) is 0.318. The van der Waals surface area contributed by atoms with Crippen LogP contribution in [0.2, 0.25) is 10.0 Å².